The topological polar surface area (TPSA) is 77.8 Å². The standard InChI is InChI=1S/C3H8O3.Al.O.H/c4-1-3(6)2-5;;;/h3-6H,1-2H2;;;. The molecular weight excluding hydrogens is 127 g/mol. The molecule has 0 saturated carbocycles. The van der Waals surface area contributed by atoms with Crippen LogP contribution in [0.15, 0.2) is 0 Å². The van der Waals surface area contributed by atoms with E-state index in [0.29, 0.717) is 16.2 Å². The Morgan fingerprint density at radius 3 is 1.50 bits per heavy atom. The molecule has 4 nitrogen and oxygen atoms in total. The summed E-state index contributed by atoms with van der Waals surface area (Å²) in [5.41, 5.74) is 0. The monoisotopic (exact) mass is 136 g/mol. The molecule has 5 heteroatoms. The van der Waals surface area contributed by atoms with Crippen molar-refractivity contribution in [3.63, 3.8) is 0 Å². The summed E-state index contributed by atoms with van der Waals surface area (Å²) >= 11 is 0.611. The molecule has 0 amide bonds. The van der Waals surface area contributed by atoms with Gasteiger partial charge in [0.15, 0.2) is 0 Å². The van der Waals surface area contributed by atoms with Crippen LogP contribution in [0.3, 0.4) is 0 Å². The van der Waals surface area contributed by atoms with Crippen LogP contribution in [0.2, 0.25) is 0 Å². The van der Waals surface area contributed by atoms with Gasteiger partial charge < -0.3 is 15.3 Å². The molecule has 0 bridgehead atoms. The van der Waals surface area contributed by atoms with E-state index in [4.69, 9.17) is 19.1 Å². The summed E-state index contributed by atoms with van der Waals surface area (Å²) in [5, 5.41) is 24.0. The van der Waals surface area contributed by atoms with Crippen molar-refractivity contribution in [1.29, 1.82) is 0 Å². The number of aliphatic hydroxyl groups excluding tert-OH is 3. The molecule has 0 unspecified atom stereocenters. The van der Waals surface area contributed by atoms with Crippen LogP contribution < -0.4 is 0 Å². The second-order valence-electron chi connectivity index (χ2n) is 1.02. The fourth-order valence-electron chi connectivity index (χ4n) is 0.0577. The van der Waals surface area contributed by atoms with Gasteiger partial charge >= 0.3 is 20.0 Å². The van der Waals surface area contributed by atoms with Crippen LogP contribution in [-0.4, -0.2) is 50.9 Å². The first-order chi connectivity index (χ1) is 3.81. The van der Waals surface area contributed by atoms with Crippen LogP contribution >= 0.6 is 0 Å². The third kappa shape index (κ3) is 9.51. The van der Waals surface area contributed by atoms with Gasteiger partial charge in [0, 0.05) is 0 Å². The second-order valence-corrected chi connectivity index (χ2v) is 1.02. The molecule has 0 aliphatic carbocycles. The molecule has 8 heavy (non-hydrogen) atoms. The van der Waals surface area contributed by atoms with Gasteiger partial charge in [-0.1, -0.05) is 0 Å². The molecule has 0 spiro atoms. The van der Waals surface area contributed by atoms with Gasteiger partial charge in [-0.15, -0.1) is 0 Å². The van der Waals surface area contributed by atoms with Crippen LogP contribution in [0.5, 0.6) is 0 Å². The van der Waals surface area contributed by atoms with E-state index in [-0.39, 0.29) is 13.2 Å². The minimum absolute atomic E-state index is 0.365. The quantitative estimate of drug-likeness (QED) is 0.369. The SMILES string of the molecule is OCC(O)CO.[O]=[AlH]. The molecule has 0 heterocycles. The Kier molecular flexibility index (Phi) is 14.2. The first-order valence-corrected chi connectivity index (χ1v) is 2.57. The van der Waals surface area contributed by atoms with Crippen molar-refractivity contribution in [2.75, 3.05) is 13.2 Å². The molecule has 0 aromatic heterocycles. The van der Waals surface area contributed by atoms with Crippen molar-refractivity contribution in [3.8, 4) is 0 Å². The van der Waals surface area contributed by atoms with E-state index in [1.165, 1.54) is 0 Å². The summed E-state index contributed by atoms with van der Waals surface area (Å²) in [5.74, 6) is 0. The van der Waals surface area contributed by atoms with Crippen LogP contribution in [-0.2, 0) is 3.80 Å². The summed E-state index contributed by atoms with van der Waals surface area (Å²) in [6, 6.07) is 0. The van der Waals surface area contributed by atoms with Crippen molar-refractivity contribution in [3.05, 3.63) is 0 Å². The molecular formula is C3H9AlO4. The van der Waals surface area contributed by atoms with E-state index in [2.05, 4.69) is 0 Å². The molecule has 0 aromatic carbocycles. The molecule has 0 aromatic rings. The zero-order valence-electron chi connectivity index (χ0n) is 4.45. The van der Waals surface area contributed by atoms with E-state index >= 15 is 0 Å². The first-order valence-electron chi connectivity index (χ1n) is 2.00. The average Bonchev–Trinajstić information content (AvgIpc) is 1.91. The van der Waals surface area contributed by atoms with Crippen LogP contribution in [0, 0.1) is 0 Å². The fourth-order valence-corrected chi connectivity index (χ4v) is 0.0577. The maximum absolute atomic E-state index is 8.28. The minimum atomic E-state index is -0.954. The van der Waals surface area contributed by atoms with Crippen LogP contribution in [0.1, 0.15) is 0 Å². The predicted octanol–water partition coefficient (Wildman–Crippen LogP) is -2.44. The third-order valence-corrected chi connectivity index (χ3v) is 0.421. The molecule has 0 atom stereocenters. The Labute approximate surface area is 55.4 Å². The van der Waals surface area contributed by atoms with E-state index in [1.54, 1.807) is 0 Å². The van der Waals surface area contributed by atoms with Gasteiger partial charge in [0.25, 0.3) is 0 Å². The van der Waals surface area contributed by atoms with Gasteiger partial charge in [0.05, 0.1) is 13.2 Å². The number of aliphatic hydroxyl groups is 3. The van der Waals surface area contributed by atoms with Crippen LogP contribution in [0.4, 0.5) is 0 Å². The Morgan fingerprint density at radius 2 is 1.50 bits per heavy atom. The average molecular weight is 136 g/mol. The molecule has 0 aliphatic heterocycles. The first kappa shape index (κ1) is 11.1. The Balaban J connectivity index is 0. The number of hydrogen-bond acceptors (Lipinski definition) is 4. The Morgan fingerprint density at radius 1 is 1.25 bits per heavy atom. The van der Waals surface area contributed by atoms with Crippen molar-refractivity contribution < 1.29 is 19.1 Å². The Bertz CT molecular complexity index is 38.3. The maximum atomic E-state index is 8.28. The summed E-state index contributed by atoms with van der Waals surface area (Å²) < 4.78 is 8.28. The molecule has 0 fully saturated rings. The van der Waals surface area contributed by atoms with Gasteiger partial charge in [-0.2, -0.15) is 0 Å². The van der Waals surface area contributed by atoms with Crippen molar-refractivity contribution >= 4 is 16.2 Å². The molecule has 0 radical (unpaired) electrons. The van der Waals surface area contributed by atoms with Crippen molar-refractivity contribution in [2.45, 2.75) is 6.10 Å². The molecule has 3 N–H and O–H groups in total. The normalized spacial score (nSPS) is 7.88. The van der Waals surface area contributed by atoms with Gasteiger partial charge in [0.1, 0.15) is 6.10 Å². The van der Waals surface area contributed by atoms with E-state index < -0.39 is 6.10 Å². The number of hydrogen-bond donors (Lipinski definition) is 3. The zero-order valence-corrected chi connectivity index (χ0v) is 5.86. The van der Waals surface area contributed by atoms with E-state index in [9.17, 15) is 0 Å². The van der Waals surface area contributed by atoms with E-state index in [0.717, 1.165) is 0 Å². The van der Waals surface area contributed by atoms with Crippen molar-refractivity contribution in [2.24, 2.45) is 0 Å². The van der Waals surface area contributed by atoms with Gasteiger partial charge in [-0.3, -0.25) is 0 Å². The molecule has 48 valence electrons. The molecule has 0 saturated heterocycles. The Hall–Kier alpha value is 0.212. The van der Waals surface area contributed by atoms with Crippen LogP contribution in [0.25, 0.3) is 0 Å². The molecule has 0 aliphatic rings. The predicted molar refractivity (Wildman–Crippen MR) is 28.0 cm³/mol. The summed E-state index contributed by atoms with van der Waals surface area (Å²) in [4.78, 5) is 0. The van der Waals surface area contributed by atoms with Gasteiger partial charge in [0.2, 0.25) is 0 Å². The second kappa shape index (κ2) is 10.2. The summed E-state index contributed by atoms with van der Waals surface area (Å²) in [6.45, 7) is -0.729. The molecule has 0 rings (SSSR count). The fraction of sp³-hybridized carbons (Fsp3) is 1.00. The zero-order chi connectivity index (χ0) is 6.99. The van der Waals surface area contributed by atoms with E-state index in [1.807, 2.05) is 0 Å². The van der Waals surface area contributed by atoms with Crippen molar-refractivity contribution in [1.82, 2.24) is 0 Å². The third-order valence-electron chi connectivity index (χ3n) is 0.421. The van der Waals surface area contributed by atoms with Gasteiger partial charge in [-0.25, -0.2) is 0 Å². The number of rotatable bonds is 2. The summed E-state index contributed by atoms with van der Waals surface area (Å²) in [7, 11) is 0. The van der Waals surface area contributed by atoms with Gasteiger partial charge in [-0.05, 0) is 0 Å². The summed E-state index contributed by atoms with van der Waals surface area (Å²) in [6.07, 6.45) is -0.954.